The molecular formula is C17H17N3O3S. The van der Waals surface area contributed by atoms with Gasteiger partial charge in [0.05, 0.1) is 16.5 Å². The number of hydrogen-bond donors (Lipinski definition) is 2. The van der Waals surface area contributed by atoms with Crippen LogP contribution < -0.4 is 15.6 Å². The van der Waals surface area contributed by atoms with E-state index in [1.54, 1.807) is 24.3 Å². The zero-order chi connectivity index (χ0) is 17.5. The second-order valence-corrected chi connectivity index (χ2v) is 6.23. The first-order valence-electron chi connectivity index (χ1n) is 7.35. The smallest absolute Gasteiger partial charge is 0.279 e. The Balaban J connectivity index is 1.79. The van der Waals surface area contributed by atoms with Crippen LogP contribution >= 0.6 is 11.3 Å². The maximum absolute atomic E-state index is 12.0. The number of carbonyl (C=O) groups excluding carboxylic acids is 2. The van der Waals surface area contributed by atoms with Crippen molar-refractivity contribution < 1.29 is 14.3 Å². The number of hydrogen-bond acceptors (Lipinski definition) is 5. The topological polar surface area (TPSA) is 91.2 Å². The number of hydrazine groups is 1. The lowest BCUT2D eigenvalue weighted by Gasteiger charge is -2.08. The van der Waals surface area contributed by atoms with Crippen LogP contribution in [0.3, 0.4) is 0 Å². The Hall–Kier alpha value is -2.85. The van der Waals surface area contributed by atoms with Gasteiger partial charge < -0.3 is 4.74 Å². The molecule has 6 nitrogen and oxygen atoms in total. The van der Waals surface area contributed by atoms with Crippen LogP contribution in [0.4, 0.5) is 0 Å². The maximum atomic E-state index is 12.0. The molecule has 0 aliphatic heterocycles. The largest absolute Gasteiger partial charge is 0.484 e. The molecule has 0 saturated heterocycles. The molecular weight excluding hydrogens is 326 g/mol. The molecule has 2 N–H and O–H groups in total. The van der Waals surface area contributed by atoms with Gasteiger partial charge in [-0.1, -0.05) is 6.92 Å². The summed E-state index contributed by atoms with van der Waals surface area (Å²) in [5.41, 5.74) is 6.31. The Morgan fingerprint density at radius 1 is 1.25 bits per heavy atom. The van der Waals surface area contributed by atoms with E-state index in [0.717, 1.165) is 16.9 Å². The summed E-state index contributed by atoms with van der Waals surface area (Å²) >= 11 is 1.39. The summed E-state index contributed by atoms with van der Waals surface area (Å²) in [6.07, 6.45) is 0.862. The van der Waals surface area contributed by atoms with Gasteiger partial charge in [0.1, 0.15) is 5.75 Å². The Morgan fingerprint density at radius 2 is 1.96 bits per heavy atom. The number of nitrogens with one attached hydrogen (secondary N) is 2. The fourth-order valence-corrected chi connectivity index (χ4v) is 2.99. The summed E-state index contributed by atoms with van der Waals surface area (Å²) in [5.74, 6) is -0.358. The van der Waals surface area contributed by atoms with Gasteiger partial charge >= 0.3 is 0 Å². The number of benzene rings is 1. The van der Waals surface area contributed by atoms with Crippen molar-refractivity contribution in [3.05, 3.63) is 51.2 Å². The van der Waals surface area contributed by atoms with Gasteiger partial charge in [0, 0.05) is 4.88 Å². The van der Waals surface area contributed by atoms with Crippen LogP contribution in [0, 0.1) is 18.3 Å². The number of nitriles is 1. The highest BCUT2D eigenvalue weighted by Gasteiger charge is 2.12. The lowest BCUT2D eigenvalue weighted by atomic mass is 10.2. The van der Waals surface area contributed by atoms with Crippen molar-refractivity contribution in [3.8, 4) is 11.8 Å². The summed E-state index contributed by atoms with van der Waals surface area (Å²) in [6, 6.07) is 10.2. The monoisotopic (exact) mass is 343 g/mol. The highest BCUT2D eigenvalue weighted by atomic mass is 32.1. The van der Waals surface area contributed by atoms with Crippen LogP contribution in [0.1, 0.15) is 32.6 Å². The SMILES string of the molecule is CCc1cc(C(=O)NNC(=O)COc2ccc(C#N)cc2)sc1C. The van der Waals surface area contributed by atoms with E-state index < -0.39 is 5.91 Å². The number of nitrogens with zero attached hydrogens (tertiary/aromatic N) is 1. The predicted molar refractivity (Wildman–Crippen MR) is 90.7 cm³/mol. The molecule has 0 aliphatic carbocycles. The average molecular weight is 343 g/mol. The van der Waals surface area contributed by atoms with Gasteiger partial charge in [-0.05, 0) is 49.2 Å². The van der Waals surface area contributed by atoms with Crippen molar-refractivity contribution in [1.29, 1.82) is 5.26 Å². The molecule has 0 aliphatic rings. The van der Waals surface area contributed by atoms with Crippen molar-refractivity contribution in [1.82, 2.24) is 10.9 Å². The molecule has 2 rings (SSSR count). The van der Waals surface area contributed by atoms with Crippen molar-refractivity contribution in [2.24, 2.45) is 0 Å². The number of ether oxygens (including phenoxy) is 1. The first-order chi connectivity index (χ1) is 11.5. The van der Waals surface area contributed by atoms with Gasteiger partial charge in [-0.15, -0.1) is 11.3 Å². The molecule has 2 amide bonds. The molecule has 0 unspecified atom stereocenters. The quantitative estimate of drug-likeness (QED) is 0.815. The molecule has 0 fully saturated rings. The molecule has 1 aromatic carbocycles. The molecule has 0 bridgehead atoms. The average Bonchev–Trinajstić information content (AvgIpc) is 2.99. The van der Waals surface area contributed by atoms with E-state index in [1.807, 2.05) is 26.0 Å². The molecule has 0 saturated carbocycles. The van der Waals surface area contributed by atoms with E-state index in [1.165, 1.54) is 11.3 Å². The van der Waals surface area contributed by atoms with Crippen LogP contribution in [0.25, 0.3) is 0 Å². The van der Waals surface area contributed by atoms with Crippen molar-refractivity contribution >= 4 is 23.2 Å². The van der Waals surface area contributed by atoms with Gasteiger partial charge in [0.2, 0.25) is 0 Å². The Kier molecular flexibility index (Phi) is 5.93. The third-order valence-corrected chi connectivity index (χ3v) is 4.39. The fraction of sp³-hybridized carbons (Fsp3) is 0.235. The van der Waals surface area contributed by atoms with Crippen molar-refractivity contribution in [2.45, 2.75) is 20.3 Å². The number of rotatable bonds is 5. The summed E-state index contributed by atoms with van der Waals surface area (Å²) in [5, 5.41) is 8.70. The highest BCUT2D eigenvalue weighted by Crippen LogP contribution is 2.21. The van der Waals surface area contributed by atoms with E-state index in [-0.39, 0.29) is 12.5 Å². The lowest BCUT2D eigenvalue weighted by molar-refractivity contribution is -0.123. The van der Waals surface area contributed by atoms with E-state index in [0.29, 0.717) is 16.2 Å². The van der Waals surface area contributed by atoms with Gasteiger partial charge in [-0.3, -0.25) is 20.4 Å². The minimum absolute atomic E-state index is 0.240. The third-order valence-electron chi connectivity index (χ3n) is 3.29. The summed E-state index contributed by atoms with van der Waals surface area (Å²) in [7, 11) is 0. The zero-order valence-electron chi connectivity index (χ0n) is 13.4. The highest BCUT2D eigenvalue weighted by molar-refractivity contribution is 7.14. The molecule has 7 heteroatoms. The molecule has 24 heavy (non-hydrogen) atoms. The Bertz CT molecular complexity index is 775. The van der Waals surface area contributed by atoms with E-state index in [9.17, 15) is 9.59 Å². The van der Waals surface area contributed by atoms with Gasteiger partial charge in [0.15, 0.2) is 6.61 Å². The van der Waals surface area contributed by atoms with E-state index in [2.05, 4.69) is 10.9 Å². The normalized spacial score (nSPS) is 9.88. The third kappa shape index (κ3) is 4.57. The zero-order valence-corrected chi connectivity index (χ0v) is 14.2. The number of amides is 2. The molecule has 1 heterocycles. The summed E-state index contributed by atoms with van der Waals surface area (Å²) in [4.78, 5) is 25.3. The maximum Gasteiger partial charge on any atom is 0.279 e. The predicted octanol–water partition coefficient (Wildman–Crippen LogP) is 2.33. The minimum Gasteiger partial charge on any atom is -0.484 e. The molecule has 0 spiro atoms. The molecule has 0 radical (unpaired) electrons. The van der Waals surface area contributed by atoms with Crippen molar-refractivity contribution in [2.75, 3.05) is 6.61 Å². The van der Waals surface area contributed by atoms with Crippen LogP contribution in [0.5, 0.6) is 5.75 Å². The van der Waals surface area contributed by atoms with Crippen LogP contribution in [0.15, 0.2) is 30.3 Å². The Labute approximate surface area is 144 Å². The first kappa shape index (κ1) is 17.5. The van der Waals surface area contributed by atoms with Gasteiger partial charge in [-0.2, -0.15) is 5.26 Å². The van der Waals surface area contributed by atoms with Gasteiger partial charge in [0.25, 0.3) is 11.8 Å². The Morgan fingerprint density at radius 3 is 2.54 bits per heavy atom. The fourth-order valence-electron chi connectivity index (χ4n) is 1.98. The molecule has 1 aromatic heterocycles. The summed E-state index contributed by atoms with van der Waals surface area (Å²) < 4.78 is 5.28. The van der Waals surface area contributed by atoms with Crippen molar-refractivity contribution in [3.63, 3.8) is 0 Å². The summed E-state index contributed by atoms with van der Waals surface area (Å²) in [6.45, 7) is 3.75. The van der Waals surface area contributed by atoms with Gasteiger partial charge in [-0.25, -0.2) is 0 Å². The molecule has 2 aromatic rings. The second-order valence-electron chi connectivity index (χ2n) is 4.97. The second kappa shape index (κ2) is 8.13. The number of aryl methyl sites for hydroxylation is 2. The molecule has 124 valence electrons. The number of thiophene rings is 1. The standard InChI is InChI=1S/C17H17N3O3S/c1-3-13-8-15(24-11(13)2)17(22)20-19-16(21)10-23-14-6-4-12(9-18)5-7-14/h4-8H,3,10H2,1-2H3,(H,19,21)(H,20,22). The molecule has 0 atom stereocenters. The minimum atomic E-state index is -0.475. The van der Waals surface area contributed by atoms with E-state index in [4.69, 9.17) is 10.00 Å². The first-order valence-corrected chi connectivity index (χ1v) is 8.16. The van der Waals surface area contributed by atoms with Crippen LogP contribution in [-0.2, 0) is 11.2 Å². The lowest BCUT2D eigenvalue weighted by Crippen LogP contribution is -2.43. The van der Waals surface area contributed by atoms with Crippen LogP contribution in [-0.4, -0.2) is 18.4 Å². The van der Waals surface area contributed by atoms with E-state index >= 15 is 0 Å². The number of carbonyl (C=O) groups is 2. The van der Waals surface area contributed by atoms with Crippen LogP contribution in [0.2, 0.25) is 0 Å².